The van der Waals surface area contributed by atoms with Gasteiger partial charge in [0.15, 0.2) is 0 Å². The van der Waals surface area contributed by atoms with Gasteiger partial charge >= 0.3 is 5.69 Å². The van der Waals surface area contributed by atoms with Crippen molar-refractivity contribution >= 4 is 62.8 Å². The van der Waals surface area contributed by atoms with Crippen molar-refractivity contribution in [2.75, 3.05) is 10.6 Å². The van der Waals surface area contributed by atoms with Crippen LogP contribution < -0.4 is 10.6 Å². The monoisotopic (exact) mass is 440 g/mol. The number of hydrogen-bond acceptors (Lipinski definition) is 7. The zero-order valence-electron chi connectivity index (χ0n) is 15.6. The van der Waals surface area contributed by atoms with Gasteiger partial charge in [0.05, 0.1) is 26.2 Å². The van der Waals surface area contributed by atoms with Crippen LogP contribution in [0.25, 0.3) is 10.9 Å². The highest BCUT2D eigenvalue weighted by molar-refractivity contribution is 6.42. The Balaban J connectivity index is 1.76. The fraction of sp³-hybridized carbons (Fsp3) is 0.0500. The second-order valence-electron chi connectivity index (χ2n) is 6.39. The molecule has 30 heavy (non-hydrogen) atoms. The number of anilines is 4. The lowest BCUT2D eigenvalue weighted by Gasteiger charge is -2.12. The first kappa shape index (κ1) is 19.8. The summed E-state index contributed by atoms with van der Waals surface area (Å²) >= 11 is 12.0. The average Bonchev–Trinajstić information content (AvgIpc) is 2.71. The van der Waals surface area contributed by atoms with Gasteiger partial charge < -0.3 is 10.6 Å². The van der Waals surface area contributed by atoms with Crippen molar-refractivity contribution in [3.05, 3.63) is 80.7 Å². The van der Waals surface area contributed by atoms with Crippen LogP contribution in [0.2, 0.25) is 10.0 Å². The Hall–Kier alpha value is -3.49. The fourth-order valence-electron chi connectivity index (χ4n) is 2.92. The Bertz CT molecular complexity index is 1280. The lowest BCUT2D eigenvalue weighted by Crippen LogP contribution is -2.06. The minimum Gasteiger partial charge on any atom is -0.334 e. The Morgan fingerprint density at radius 1 is 0.967 bits per heavy atom. The number of pyridine rings is 1. The largest absolute Gasteiger partial charge is 0.353 e. The Morgan fingerprint density at radius 3 is 2.47 bits per heavy atom. The number of rotatable bonds is 5. The van der Waals surface area contributed by atoms with Crippen LogP contribution in [0.5, 0.6) is 0 Å². The zero-order valence-corrected chi connectivity index (χ0v) is 17.1. The minimum absolute atomic E-state index is 0.0141. The lowest BCUT2D eigenvalue weighted by molar-refractivity contribution is -0.383. The molecular weight excluding hydrogens is 427 g/mol. The highest BCUT2D eigenvalue weighted by Gasteiger charge is 2.24. The molecule has 0 aliphatic rings. The summed E-state index contributed by atoms with van der Waals surface area (Å²) in [5.41, 5.74) is 2.30. The predicted molar refractivity (Wildman–Crippen MR) is 118 cm³/mol. The SMILES string of the molecule is Cc1ccc2cccc(Nc3ncnc(Nc4ccc(Cl)c(Cl)c4)c3[N+](=O)[O-])c2n1. The molecule has 0 saturated carbocycles. The first-order valence-electron chi connectivity index (χ1n) is 8.77. The summed E-state index contributed by atoms with van der Waals surface area (Å²) in [6.45, 7) is 1.88. The number of aryl methyl sites for hydroxylation is 1. The van der Waals surface area contributed by atoms with Crippen LogP contribution in [-0.2, 0) is 0 Å². The molecule has 0 unspecified atom stereocenters. The maximum atomic E-state index is 11.8. The van der Waals surface area contributed by atoms with Crippen molar-refractivity contribution in [1.29, 1.82) is 0 Å². The number of fused-ring (bicyclic) bond motifs is 1. The van der Waals surface area contributed by atoms with Crippen LogP contribution in [0.4, 0.5) is 28.7 Å². The van der Waals surface area contributed by atoms with E-state index >= 15 is 0 Å². The van der Waals surface area contributed by atoms with Gasteiger partial charge in [-0.3, -0.25) is 15.1 Å². The summed E-state index contributed by atoms with van der Waals surface area (Å²) in [4.78, 5) is 23.9. The summed E-state index contributed by atoms with van der Waals surface area (Å²) in [6.07, 6.45) is 1.24. The maximum absolute atomic E-state index is 11.8. The van der Waals surface area contributed by atoms with Gasteiger partial charge in [0.1, 0.15) is 6.33 Å². The van der Waals surface area contributed by atoms with E-state index in [9.17, 15) is 10.1 Å². The van der Waals surface area contributed by atoms with E-state index in [1.807, 2.05) is 31.2 Å². The molecule has 2 heterocycles. The van der Waals surface area contributed by atoms with E-state index in [-0.39, 0.29) is 17.3 Å². The van der Waals surface area contributed by atoms with Crippen LogP contribution in [0.1, 0.15) is 5.69 Å². The molecule has 0 amide bonds. The molecule has 0 radical (unpaired) electrons. The Kier molecular flexibility index (Phi) is 5.35. The van der Waals surface area contributed by atoms with E-state index in [0.29, 0.717) is 26.9 Å². The van der Waals surface area contributed by atoms with Crippen LogP contribution in [0.3, 0.4) is 0 Å². The van der Waals surface area contributed by atoms with Crippen LogP contribution >= 0.6 is 23.2 Å². The number of nitrogens with zero attached hydrogens (tertiary/aromatic N) is 4. The molecule has 0 saturated heterocycles. The number of nitrogens with one attached hydrogen (secondary N) is 2. The number of aromatic nitrogens is 3. The molecule has 4 rings (SSSR count). The molecule has 2 aromatic carbocycles. The normalized spacial score (nSPS) is 10.8. The molecular formula is C20H14Cl2N6O2. The average molecular weight is 441 g/mol. The molecule has 0 bridgehead atoms. The molecule has 0 fully saturated rings. The Labute approximate surface area is 181 Å². The smallest absolute Gasteiger partial charge is 0.334 e. The van der Waals surface area contributed by atoms with Gasteiger partial charge in [-0.25, -0.2) is 9.97 Å². The summed E-state index contributed by atoms with van der Waals surface area (Å²) < 4.78 is 0. The predicted octanol–water partition coefficient (Wildman–Crippen LogP) is 6.04. The molecule has 2 aromatic heterocycles. The summed E-state index contributed by atoms with van der Waals surface area (Å²) in [7, 11) is 0. The molecule has 4 aromatic rings. The standard InChI is InChI=1S/C20H14Cl2N6O2/c1-11-5-6-12-3-2-4-16(17(12)25-11)27-20-18(28(29)30)19(23-10-24-20)26-13-7-8-14(21)15(22)9-13/h2-10H,1H3,(H2,23,24,26,27). The minimum atomic E-state index is -0.550. The topological polar surface area (TPSA) is 106 Å². The third-order valence-corrected chi connectivity index (χ3v) is 5.04. The maximum Gasteiger partial charge on any atom is 0.353 e. The van der Waals surface area contributed by atoms with E-state index in [1.54, 1.807) is 24.3 Å². The summed E-state index contributed by atoms with van der Waals surface area (Å²) in [5.74, 6) is 0.0497. The molecule has 0 aliphatic heterocycles. The van der Waals surface area contributed by atoms with Gasteiger partial charge in [-0.1, -0.05) is 41.4 Å². The van der Waals surface area contributed by atoms with Crippen molar-refractivity contribution in [1.82, 2.24) is 15.0 Å². The molecule has 0 spiro atoms. The van der Waals surface area contributed by atoms with E-state index in [4.69, 9.17) is 23.2 Å². The Morgan fingerprint density at radius 2 is 1.73 bits per heavy atom. The number of para-hydroxylation sites is 1. The third kappa shape index (κ3) is 3.96. The second kappa shape index (κ2) is 8.10. The number of nitro groups is 1. The summed E-state index contributed by atoms with van der Waals surface area (Å²) in [6, 6.07) is 14.2. The van der Waals surface area contributed by atoms with Crippen LogP contribution in [0.15, 0.2) is 54.9 Å². The third-order valence-electron chi connectivity index (χ3n) is 4.30. The summed E-state index contributed by atoms with van der Waals surface area (Å²) in [5, 5.41) is 19.4. The lowest BCUT2D eigenvalue weighted by atomic mass is 10.1. The quantitative estimate of drug-likeness (QED) is 0.287. The van der Waals surface area contributed by atoms with E-state index in [1.165, 1.54) is 6.33 Å². The van der Waals surface area contributed by atoms with Gasteiger partial charge in [-0.15, -0.1) is 0 Å². The number of benzene rings is 2. The van der Waals surface area contributed by atoms with Gasteiger partial charge in [0.25, 0.3) is 0 Å². The van der Waals surface area contributed by atoms with Gasteiger partial charge in [-0.05, 0) is 37.3 Å². The highest BCUT2D eigenvalue weighted by Crippen LogP contribution is 2.35. The van der Waals surface area contributed by atoms with Crippen LogP contribution in [-0.4, -0.2) is 19.9 Å². The van der Waals surface area contributed by atoms with Crippen LogP contribution in [0, 0.1) is 17.0 Å². The molecule has 8 nitrogen and oxygen atoms in total. The highest BCUT2D eigenvalue weighted by atomic mass is 35.5. The van der Waals surface area contributed by atoms with Crippen molar-refractivity contribution in [2.45, 2.75) is 6.92 Å². The van der Waals surface area contributed by atoms with Crippen molar-refractivity contribution < 1.29 is 4.92 Å². The van der Waals surface area contributed by atoms with Crippen molar-refractivity contribution in [3.63, 3.8) is 0 Å². The molecule has 150 valence electrons. The van der Waals surface area contributed by atoms with E-state index < -0.39 is 4.92 Å². The van der Waals surface area contributed by atoms with Crippen molar-refractivity contribution in [3.8, 4) is 0 Å². The van der Waals surface area contributed by atoms with Gasteiger partial charge in [-0.2, -0.15) is 0 Å². The molecule has 0 atom stereocenters. The zero-order chi connectivity index (χ0) is 21.3. The second-order valence-corrected chi connectivity index (χ2v) is 7.20. The molecule has 2 N–H and O–H groups in total. The number of hydrogen-bond donors (Lipinski definition) is 2. The van der Waals surface area contributed by atoms with E-state index in [0.717, 1.165) is 11.1 Å². The van der Waals surface area contributed by atoms with Crippen molar-refractivity contribution in [2.24, 2.45) is 0 Å². The van der Waals surface area contributed by atoms with Gasteiger partial charge in [0, 0.05) is 16.8 Å². The molecule has 10 heteroatoms. The molecule has 0 aliphatic carbocycles. The first-order chi connectivity index (χ1) is 14.4. The first-order valence-corrected chi connectivity index (χ1v) is 9.53. The fourth-order valence-corrected chi connectivity index (χ4v) is 3.22. The number of halogens is 2. The van der Waals surface area contributed by atoms with E-state index in [2.05, 4.69) is 25.6 Å². The van der Waals surface area contributed by atoms with Gasteiger partial charge in [0.2, 0.25) is 11.6 Å².